The van der Waals surface area contributed by atoms with Gasteiger partial charge in [0.25, 0.3) is 0 Å². The van der Waals surface area contributed by atoms with Gasteiger partial charge in [0, 0.05) is 13.1 Å². The van der Waals surface area contributed by atoms with Crippen LogP contribution in [0.4, 0.5) is 18.9 Å². The molecule has 2 aromatic rings. The van der Waals surface area contributed by atoms with Crippen molar-refractivity contribution in [3.05, 3.63) is 63.6 Å². The van der Waals surface area contributed by atoms with E-state index >= 15 is 0 Å². The zero-order valence-corrected chi connectivity index (χ0v) is 23.5. The summed E-state index contributed by atoms with van der Waals surface area (Å²) in [6.07, 6.45) is -2.16. The average molecular weight is 596 g/mol. The largest absolute Gasteiger partial charge is 0.416 e. The van der Waals surface area contributed by atoms with Crippen molar-refractivity contribution in [1.29, 1.82) is 0 Å². The van der Waals surface area contributed by atoms with E-state index in [4.69, 9.17) is 23.2 Å². The topological polar surface area (TPSA) is 86.8 Å². The van der Waals surface area contributed by atoms with E-state index in [0.29, 0.717) is 22.5 Å². The first kappa shape index (κ1) is 31.7. The summed E-state index contributed by atoms with van der Waals surface area (Å²) in [6, 6.07) is 7.37. The highest BCUT2D eigenvalue weighted by Crippen LogP contribution is 2.32. The number of nitrogens with one attached hydrogen (secondary N) is 1. The van der Waals surface area contributed by atoms with Crippen molar-refractivity contribution in [2.75, 3.05) is 23.7 Å². The van der Waals surface area contributed by atoms with Gasteiger partial charge in [0.1, 0.15) is 12.6 Å². The number of benzene rings is 2. The van der Waals surface area contributed by atoms with Gasteiger partial charge >= 0.3 is 6.18 Å². The normalized spacial score (nSPS) is 12.6. The van der Waals surface area contributed by atoms with Crippen molar-refractivity contribution in [3.8, 4) is 0 Å². The Morgan fingerprint density at radius 3 is 2.29 bits per heavy atom. The number of sulfonamides is 1. The molecule has 0 radical (unpaired) electrons. The fourth-order valence-corrected chi connectivity index (χ4v) is 4.87. The summed E-state index contributed by atoms with van der Waals surface area (Å²) in [5.74, 6) is -1.21. The van der Waals surface area contributed by atoms with Gasteiger partial charge < -0.3 is 10.2 Å². The van der Waals surface area contributed by atoms with E-state index in [2.05, 4.69) is 5.32 Å². The third-order valence-corrected chi connectivity index (χ3v) is 7.57. The molecule has 2 aromatic carbocycles. The van der Waals surface area contributed by atoms with Gasteiger partial charge in [-0.25, -0.2) is 8.42 Å². The molecule has 0 heterocycles. The molecule has 13 heteroatoms. The van der Waals surface area contributed by atoms with E-state index in [-0.39, 0.29) is 28.7 Å². The van der Waals surface area contributed by atoms with Crippen LogP contribution in [0.3, 0.4) is 0 Å². The van der Waals surface area contributed by atoms with Crippen molar-refractivity contribution >= 4 is 50.7 Å². The van der Waals surface area contributed by atoms with Gasteiger partial charge in [-0.2, -0.15) is 13.2 Å². The molecular weight excluding hydrogens is 566 g/mol. The number of amides is 2. The lowest BCUT2D eigenvalue weighted by Crippen LogP contribution is -2.52. The second-order valence-electron chi connectivity index (χ2n) is 8.66. The molecule has 0 saturated heterocycles. The number of carbonyl (C=O) groups is 2. The Balaban J connectivity index is 2.48. The maximum Gasteiger partial charge on any atom is 0.416 e. The third-order valence-electron chi connectivity index (χ3n) is 5.69. The number of alkyl halides is 3. The van der Waals surface area contributed by atoms with Crippen LogP contribution in [0.25, 0.3) is 0 Å². The lowest BCUT2D eigenvalue weighted by molar-refractivity contribution is -0.140. The van der Waals surface area contributed by atoms with Crippen LogP contribution in [-0.4, -0.2) is 50.5 Å². The Labute approximate surface area is 230 Å². The fourth-order valence-electron chi connectivity index (χ4n) is 3.71. The molecule has 1 unspecified atom stereocenters. The summed E-state index contributed by atoms with van der Waals surface area (Å²) in [6.45, 7) is 3.10. The first-order chi connectivity index (χ1) is 17.7. The molecule has 210 valence electrons. The summed E-state index contributed by atoms with van der Waals surface area (Å²) in [5.41, 5.74) is -0.867. The fraction of sp³-hybridized carbons (Fsp3) is 0.440. The Kier molecular flexibility index (Phi) is 11.3. The van der Waals surface area contributed by atoms with Crippen LogP contribution in [0.15, 0.2) is 42.5 Å². The van der Waals surface area contributed by atoms with Gasteiger partial charge in [0.2, 0.25) is 21.8 Å². The van der Waals surface area contributed by atoms with E-state index in [1.165, 1.54) is 23.1 Å². The molecule has 0 fully saturated rings. The number of unbranched alkanes of at least 4 members (excludes halogenated alkanes) is 1. The number of hydrogen-bond donors (Lipinski definition) is 1. The van der Waals surface area contributed by atoms with Crippen LogP contribution < -0.4 is 9.62 Å². The standard InChI is InChI=1S/C25H30Cl2F3N3O4S/c1-4-6-12-31-24(35)22(5-2)32(15-17-10-11-20(26)21(27)13-17)23(34)16-33(38(3,36)37)19-9-7-8-18(14-19)25(28,29)30/h7-11,13-14,22H,4-6,12,15-16H2,1-3H3,(H,31,35). The van der Waals surface area contributed by atoms with Crippen molar-refractivity contribution in [2.45, 2.75) is 51.9 Å². The predicted octanol–water partition coefficient (Wildman–Crippen LogP) is 5.50. The first-order valence-corrected chi connectivity index (χ1v) is 14.5. The van der Waals surface area contributed by atoms with E-state index in [1.54, 1.807) is 13.0 Å². The van der Waals surface area contributed by atoms with Crippen LogP contribution in [0.1, 0.15) is 44.2 Å². The molecular formula is C25H30Cl2F3N3O4S. The molecule has 0 aliphatic carbocycles. The lowest BCUT2D eigenvalue weighted by Gasteiger charge is -2.33. The van der Waals surface area contributed by atoms with Gasteiger partial charge in [0.15, 0.2) is 0 Å². The maximum absolute atomic E-state index is 13.6. The van der Waals surface area contributed by atoms with Gasteiger partial charge in [-0.3, -0.25) is 13.9 Å². The monoisotopic (exact) mass is 595 g/mol. The minimum atomic E-state index is -4.72. The average Bonchev–Trinajstić information content (AvgIpc) is 2.83. The Morgan fingerprint density at radius 2 is 1.74 bits per heavy atom. The quantitative estimate of drug-likeness (QED) is 0.328. The summed E-state index contributed by atoms with van der Waals surface area (Å²) < 4.78 is 65.6. The molecule has 0 aromatic heterocycles. The molecule has 1 atom stereocenters. The number of rotatable bonds is 12. The smallest absolute Gasteiger partial charge is 0.354 e. The second-order valence-corrected chi connectivity index (χ2v) is 11.4. The highest BCUT2D eigenvalue weighted by Gasteiger charge is 2.34. The van der Waals surface area contributed by atoms with Gasteiger partial charge in [-0.15, -0.1) is 0 Å². The molecule has 0 aliphatic heterocycles. The van der Waals surface area contributed by atoms with Crippen LogP contribution in [-0.2, 0) is 32.3 Å². The van der Waals surface area contributed by atoms with E-state index in [0.717, 1.165) is 31.2 Å². The summed E-state index contributed by atoms with van der Waals surface area (Å²) in [5, 5.41) is 3.28. The van der Waals surface area contributed by atoms with Crippen LogP contribution in [0.2, 0.25) is 10.0 Å². The van der Waals surface area contributed by atoms with Gasteiger partial charge in [-0.05, 0) is 48.7 Å². The van der Waals surface area contributed by atoms with Crippen molar-refractivity contribution in [1.82, 2.24) is 10.2 Å². The van der Waals surface area contributed by atoms with Crippen LogP contribution in [0.5, 0.6) is 0 Å². The molecule has 38 heavy (non-hydrogen) atoms. The summed E-state index contributed by atoms with van der Waals surface area (Å²) in [7, 11) is -4.18. The number of nitrogens with zero attached hydrogens (tertiary/aromatic N) is 2. The van der Waals surface area contributed by atoms with E-state index < -0.39 is 46.2 Å². The minimum Gasteiger partial charge on any atom is -0.354 e. The molecule has 7 nitrogen and oxygen atoms in total. The van der Waals surface area contributed by atoms with Crippen molar-refractivity contribution in [2.24, 2.45) is 0 Å². The van der Waals surface area contributed by atoms with E-state index in [9.17, 15) is 31.2 Å². The molecule has 0 bridgehead atoms. The Morgan fingerprint density at radius 1 is 1.05 bits per heavy atom. The molecule has 1 N–H and O–H groups in total. The number of carbonyl (C=O) groups excluding carboxylic acids is 2. The first-order valence-electron chi connectivity index (χ1n) is 11.8. The zero-order chi connectivity index (χ0) is 28.7. The Bertz CT molecular complexity index is 1240. The number of anilines is 1. The molecule has 0 saturated carbocycles. The minimum absolute atomic E-state index is 0.115. The van der Waals surface area contributed by atoms with Gasteiger partial charge in [0.05, 0.1) is 27.6 Å². The number of halogens is 5. The maximum atomic E-state index is 13.6. The molecule has 0 aliphatic rings. The number of hydrogen-bond acceptors (Lipinski definition) is 4. The lowest BCUT2D eigenvalue weighted by atomic mass is 10.1. The summed E-state index contributed by atoms with van der Waals surface area (Å²) in [4.78, 5) is 27.8. The third kappa shape index (κ3) is 8.78. The molecule has 2 rings (SSSR count). The summed E-state index contributed by atoms with van der Waals surface area (Å²) >= 11 is 12.1. The van der Waals surface area contributed by atoms with E-state index in [1.807, 2.05) is 6.92 Å². The highest BCUT2D eigenvalue weighted by molar-refractivity contribution is 7.92. The SMILES string of the molecule is CCCCNC(=O)C(CC)N(Cc1ccc(Cl)c(Cl)c1)C(=O)CN(c1cccc(C(F)(F)F)c1)S(C)(=O)=O. The van der Waals surface area contributed by atoms with Crippen LogP contribution >= 0.6 is 23.2 Å². The van der Waals surface area contributed by atoms with Crippen molar-refractivity contribution < 1.29 is 31.2 Å². The second kappa shape index (κ2) is 13.5. The highest BCUT2D eigenvalue weighted by atomic mass is 35.5. The van der Waals surface area contributed by atoms with Gasteiger partial charge in [-0.1, -0.05) is 55.6 Å². The predicted molar refractivity (Wildman–Crippen MR) is 143 cm³/mol. The Hall–Kier alpha value is -2.50. The molecule has 0 spiro atoms. The zero-order valence-electron chi connectivity index (χ0n) is 21.2. The van der Waals surface area contributed by atoms with Crippen LogP contribution in [0, 0.1) is 0 Å². The van der Waals surface area contributed by atoms with Crippen molar-refractivity contribution in [3.63, 3.8) is 0 Å². The molecule has 2 amide bonds.